The lowest BCUT2D eigenvalue weighted by Gasteiger charge is -2.14. The highest BCUT2D eigenvalue weighted by molar-refractivity contribution is 8.00. The molecule has 1 amide bonds. The van der Waals surface area contributed by atoms with E-state index in [9.17, 15) is 9.59 Å². The molecule has 0 radical (unpaired) electrons. The zero-order chi connectivity index (χ0) is 20.4. The van der Waals surface area contributed by atoms with Crippen LogP contribution in [0, 0.1) is 0 Å². The molecule has 1 aromatic carbocycles. The van der Waals surface area contributed by atoms with Crippen LogP contribution in [0.25, 0.3) is 11.4 Å². The Labute approximate surface area is 173 Å². The third kappa shape index (κ3) is 4.22. The Morgan fingerprint density at radius 2 is 1.86 bits per heavy atom. The molecule has 0 saturated heterocycles. The SMILES string of the molecule is CC(=O)c1ccccc1NC(=O)[C@@H](C)Sc1nnc(-c2ccncc2)n1C1CC1. The zero-order valence-corrected chi connectivity index (χ0v) is 17.0. The van der Waals surface area contributed by atoms with Gasteiger partial charge in [-0.2, -0.15) is 0 Å². The molecule has 0 spiro atoms. The maximum Gasteiger partial charge on any atom is 0.237 e. The minimum atomic E-state index is -0.401. The number of pyridine rings is 1. The first kappa shape index (κ1) is 19.3. The lowest BCUT2D eigenvalue weighted by atomic mass is 10.1. The van der Waals surface area contributed by atoms with Crippen LogP contribution in [0.2, 0.25) is 0 Å². The number of carbonyl (C=O) groups is 2. The van der Waals surface area contributed by atoms with E-state index < -0.39 is 5.25 Å². The van der Waals surface area contributed by atoms with Gasteiger partial charge >= 0.3 is 0 Å². The molecule has 1 saturated carbocycles. The fourth-order valence-corrected chi connectivity index (χ4v) is 3.98. The smallest absolute Gasteiger partial charge is 0.237 e. The molecule has 1 aliphatic carbocycles. The first-order valence-electron chi connectivity index (χ1n) is 9.47. The number of nitrogens with one attached hydrogen (secondary N) is 1. The summed E-state index contributed by atoms with van der Waals surface area (Å²) in [6, 6.07) is 11.2. The predicted octanol–water partition coefficient (Wildman–Crippen LogP) is 4.00. The van der Waals surface area contributed by atoms with Crippen LogP contribution in [0.15, 0.2) is 53.9 Å². The fraction of sp³-hybridized carbons (Fsp3) is 0.286. The Kier molecular flexibility index (Phi) is 5.44. The van der Waals surface area contributed by atoms with E-state index in [1.165, 1.54) is 18.7 Å². The summed E-state index contributed by atoms with van der Waals surface area (Å²) in [5, 5.41) is 11.9. The number of hydrogen-bond donors (Lipinski definition) is 1. The number of amides is 1. The number of nitrogens with zero attached hydrogens (tertiary/aromatic N) is 4. The second kappa shape index (κ2) is 8.16. The first-order chi connectivity index (χ1) is 14.0. The number of carbonyl (C=O) groups excluding carboxylic acids is 2. The molecule has 1 fully saturated rings. The summed E-state index contributed by atoms with van der Waals surface area (Å²) in [4.78, 5) is 28.6. The molecule has 1 N–H and O–H groups in total. The molecule has 1 atom stereocenters. The van der Waals surface area contributed by atoms with Gasteiger partial charge in [-0.25, -0.2) is 0 Å². The van der Waals surface area contributed by atoms with Crippen molar-refractivity contribution in [2.24, 2.45) is 0 Å². The average Bonchev–Trinajstić information content (AvgIpc) is 3.48. The molecule has 0 aliphatic heterocycles. The highest BCUT2D eigenvalue weighted by Gasteiger charge is 2.31. The third-order valence-electron chi connectivity index (χ3n) is 4.73. The van der Waals surface area contributed by atoms with Crippen LogP contribution in [0.4, 0.5) is 5.69 Å². The van der Waals surface area contributed by atoms with Gasteiger partial charge in [0.05, 0.1) is 10.9 Å². The number of Topliss-reactive ketones (excluding diaryl/α,β-unsaturated/α-hetero) is 1. The van der Waals surface area contributed by atoms with Gasteiger partial charge in [-0.05, 0) is 51.0 Å². The van der Waals surface area contributed by atoms with E-state index in [4.69, 9.17) is 0 Å². The van der Waals surface area contributed by atoms with Gasteiger partial charge in [0, 0.05) is 29.6 Å². The summed E-state index contributed by atoms with van der Waals surface area (Å²) in [7, 11) is 0. The van der Waals surface area contributed by atoms with E-state index >= 15 is 0 Å². The monoisotopic (exact) mass is 407 g/mol. The number of aromatic nitrogens is 4. The van der Waals surface area contributed by atoms with Crippen molar-refractivity contribution in [2.45, 2.75) is 43.1 Å². The van der Waals surface area contributed by atoms with Crippen LogP contribution in [0.1, 0.15) is 43.1 Å². The lowest BCUT2D eigenvalue weighted by Crippen LogP contribution is -2.24. The molecule has 0 bridgehead atoms. The molecule has 3 aromatic rings. The first-order valence-corrected chi connectivity index (χ1v) is 10.4. The highest BCUT2D eigenvalue weighted by atomic mass is 32.2. The second-order valence-corrected chi connectivity index (χ2v) is 8.30. The summed E-state index contributed by atoms with van der Waals surface area (Å²) in [5.74, 6) is 0.531. The summed E-state index contributed by atoms with van der Waals surface area (Å²) in [5.41, 5.74) is 1.98. The van der Waals surface area contributed by atoms with E-state index in [0.717, 1.165) is 29.4 Å². The molecule has 8 heteroatoms. The minimum Gasteiger partial charge on any atom is -0.324 e. The average molecular weight is 407 g/mol. The molecular formula is C21H21N5O2S. The number of thioether (sulfide) groups is 1. The van der Waals surface area contributed by atoms with Gasteiger partial charge in [0.2, 0.25) is 5.91 Å². The van der Waals surface area contributed by atoms with Crippen molar-refractivity contribution in [1.82, 2.24) is 19.7 Å². The van der Waals surface area contributed by atoms with Crippen molar-refractivity contribution >= 4 is 29.1 Å². The Morgan fingerprint density at radius 3 is 2.55 bits per heavy atom. The molecule has 2 heterocycles. The van der Waals surface area contributed by atoms with E-state index in [1.54, 1.807) is 36.7 Å². The normalized spacial score (nSPS) is 14.4. The van der Waals surface area contributed by atoms with Crippen LogP contribution >= 0.6 is 11.8 Å². The summed E-state index contributed by atoms with van der Waals surface area (Å²) >= 11 is 1.37. The van der Waals surface area contributed by atoms with Crippen LogP contribution in [-0.4, -0.2) is 36.7 Å². The molecule has 29 heavy (non-hydrogen) atoms. The van der Waals surface area contributed by atoms with Gasteiger partial charge in [0.15, 0.2) is 16.8 Å². The quantitative estimate of drug-likeness (QED) is 0.470. The molecule has 7 nitrogen and oxygen atoms in total. The van der Waals surface area contributed by atoms with Crippen molar-refractivity contribution in [3.63, 3.8) is 0 Å². The van der Waals surface area contributed by atoms with Crippen molar-refractivity contribution in [1.29, 1.82) is 0 Å². The highest BCUT2D eigenvalue weighted by Crippen LogP contribution is 2.41. The van der Waals surface area contributed by atoms with Crippen LogP contribution < -0.4 is 5.32 Å². The number of benzene rings is 1. The predicted molar refractivity (Wildman–Crippen MR) is 112 cm³/mol. The molecule has 4 rings (SSSR count). The third-order valence-corrected chi connectivity index (χ3v) is 5.79. The topological polar surface area (TPSA) is 89.8 Å². The van der Waals surface area contributed by atoms with Crippen LogP contribution in [0.5, 0.6) is 0 Å². The minimum absolute atomic E-state index is 0.0864. The fourth-order valence-electron chi connectivity index (χ4n) is 3.06. The molecule has 148 valence electrons. The molecule has 1 aliphatic rings. The van der Waals surface area contributed by atoms with Gasteiger partial charge in [-0.15, -0.1) is 10.2 Å². The Bertz CT molecular complexity index is 1050. The number of para-hydroxylation sites is 1. The summed E-state index contributed by atoms with van der Waals surface area (Å²) in [6.07, 6.45) is 5.62. The Hall–Kier alpha value is -3.00. The van der Waals surface area contributed by atoms with Gasteiger partial charge in [0.1, 0.15) is 0 Å². The zero-order valence-electron chi connectivity index (χ0n) is 16.2. The summed E-state index contributed by atoms with van der Waals surface area (Å²) in [6.45, 7) is 3.32. The summed E-state index contributed by atoms with van der Waals surface area (Å²) < 4.78 is 2.12. The number of rotatable bonds is 7. The number of hydrogen-bond acceptors (Lipinski definition) is 6. The van der Waals surface area contributed by atoms with Gasteiger partial charge < -0.3 is 5.32 Å². The van der Waals surface area contributed by atoms with Gasteiger partial charge in [0.25, 0.3) is 0 Å². The lowest BCUT2D eigenvalue weighted by molar-refractivity contribution is -0.115. The van der Waals surface area contributed by atoms with Crippen LogP contribution in [0.3, 0.4) is 0 Å². The maximum atomic E-state index is 12.8. The molecule has 0 unspecified atom stereocenters. The standard InChI is InChI=1S/C21H21N5O2S/c1-13(27)17-5-3-4-6-18(17)23-20(28)14(2)29-21-25-24-19(26(21)16-7-8-16)15-9-11-22-12-10-15/h3-6,9-12,14,16H,7-8H2,1-2H3,(H,23,28)/t14-/m1/s1. The van der Waals surface area contributed by atoms with E-state index in [1.807, 2.05) is 19.1 Å². The largest absolute Gasteiger partial charge is 0.324 e. The van der Waals surface area contributed by atoms with Crippen molar-refractivity contribution < 1.29 is 9.59 Å². The van der Waals surface area contributed by atoms with E-state index in [-0.39, 0.29) is 11.7 Å². The Balaban J connectivity index is 1.53. The number of anilines is 1. The Morgan fingerprint density at radius 1 is 1.14 bits per heavy atom. The molecule has 2 aromatic heterocycles. The molecular weight excluding hydrogens is 386 g/mol. The van der Waals surface area contributed by atoms with E-state index in [2.05, 4.69) is 25.1 Å². The van der Waals surface area contributed by atoms with Gasteiger partial charge in [-0.3, -0.25) is 19.1 Å². The van der Waals surface area contributed by atoms with E-state index in [0.29, 0.717) is 17.3 Å². The van der Waals surface area contributed by atoms with Crippen LogP contribution in [-0.2, 0) is 4.79 Å². The number of ketones is 1. The van der Waals surface area contributed by atoms with Crippen molar-refractivity contribution in [3.05, 3.63) is 54.4 Å². The maximum absolute atomic E-state index is 12.8. The second-order valence-electron chi connectivity index (χ2n) is 6.99. The van der Waals surface area contributed by atoms with Gasteiger partial charge in [-0.1, -0.05) is 23.9 Å². The van der Waals surface area contributed by atoms with Crippen molar-refractivity contribution in [3.8, 4) is 11.4 Å². The van der Waals surface area contributed by atoms with Crippen molar-refractivity contribution in [2.75, 3.05) is 5.32 Å².